The largest absolute Gasteiger partial charge is 0.389 e. The van der Waals surface area contributed by atoms with Crippen molar-refractivity contribution in [3.63, 3.8) is 0 Å². The number of hydrogen-bond donors (Lipinski definition) is 1. The maximum absolute atomic E-state index is 12.5. The van der Waals surface area contributed by atoms with Gasteiger partial charge in [-0.15, -0.1) is 0 Å². The van der Waals surface area contributed by atoms with Gasteiger partial charge in [0.15, 0.2) is 5.78 Å². The molecule has 2 saturated heterocycles. The van der Waals surface area contributed by atoms with E-state index in [1.54, 1.807) is 0 Å². The van der Waals surface area contributed by atoms with Crippen LogP contribution in [0.25, 0.3) is 0 Å². The number of aliphatic hydroxyl groups excluding tert-OH is 1. The van der Waals surface area contributed by atoms with Crippen LogP contribution in [0.3, 0.4) is 0 Å². The molecular weight excluding hydrogens is 318 g/mol. The quantitative estimate of drug-likeness (QED) is 0.730. The number of Topliss-reactive ketones (excluding diaryl/α,β-unsaturated/α-hetero) is 1. The molecule has 0 saturated carbocycles. The minimum Gasteiger partial charge on any atom is -0.389 e. The van der Waals surface area contributed by atoms with Gasteiger partial charge in [0, 0.05) is 24.6 Å². The number of aliphatic hydroxyl groups is 1. The summed E-state index contributed by atoms with van der Waals surface area (Å²) in [5, 5.41) is 10.2. The molecule has 5 nitrogen and oxygen atoms in total. The van der Waals surface area contributed by atoms with Crippen molar-refractivity contribution in [2.75, 3.05) is 39.5 Å². The lowest BCUT2D eigenvalue weighted by molar-refractivity contribution is -0.0271. The average molecular weight is 347 g/mol. The summed E-state index contributed by atoms with van der Waals surface area (Å²) in [5.41, 5.74) is 0.809. The molecule has 0 aromatic heterocycles. The summed E-state index contributed by atoms with van der Waals surface area (Å²) in [7, 11) is 0. The van der Waals surface area contributed by atoms with Crippen LogP contribution in [0.4, 0.5) is 0 Å². The number of ketones is 1. The Labute approximate surface area is 149 Å². The van der Waals surface area contributed by atoms with E-state index in [9.17, 15) is 9.90 Å². The molecule has 25 heavy (non-hydrogen) atoms. The highest BCUT2D eigenvalue weighted by Crippen LogP contribution is 2.22. The molecule has 0 aliphatic carbocycles. The Morgan fingerprint density at radius 3 is 2.68 bits per heavy atom. The zero-order valence-corrected chi connectivity index (χ0v) is 14.8. The highest BCUT2D eigenvalue weighted by atomic mass is 16.5. The monoisotopic (exact) mass is 347 g/mol. The highest BCUT2D eigenvalue weighted by molar-refractivity contribution is 5.97. The molecule has 2 aliphatic heterocycles. The number of carbonyl (C=O) groups is 1. The van der Waals surface area contributed by atoms with E-state index in [0.29, 0.717) is 19.8 Å². The van der Waals surface area contributed by atoms with Crippen LogP contribution in [-0.2, 0) is 9.47 Å². The number of likely N-dealkylation sites (tertiary alicyclic amines) is 1. The lowest BCUT2D eigenvalue weighted by Gasteiger charge is -2.32. The van der Waals surface area contributed by atoms with E-state index < -0.39 is 6.10 Å². The van der Waals surface area contributed by atoms with Crippen molar-refractivity contribution < 1.29 is 19.4 Å². The van der Waals surface area contributed by atoms with Gasteiger partial charge in [-0.25, -0.2) is 0 Å². The van der Waals surface area contributed by atoms with Gasteiger partial charge in [-0.1, -0.05) is 30.3 Å². The Morgan fingerprint density at radius 2 is 2.00 bits per heavy atom. The number of β-amino-alcohol motifs (C(OH)–C–C–N with tert-alkyl or cyclic N) is 1. The first kappa shape index (κ1) is 18.5. The molecule has 138 valence electrons. The summed E-state index contributed by atoms with van der Waals surface area (Å²) in [6.07, 6.45) is 3.59. The van der Waals surface area contributed by atoms with Gasteiger partial charge in [0.25, 0.3) is 0 Å². The first-order chi connectivity index (χ1) is 12.2. The van der Waals surface area contributed by atoms with Crippen LogP contribution in [0, 0.1) is 5.92 Å². The molecule has 3 rings (SSSR count). The van der Waals surface area contributed by atoms with Gasteiger partial charge < -0.3 is 19.5 Å². The minimum absolute atomic E-state index is 0.103. The third-order valence-electron chi connectivity index (χ3n) is 5.12. The molecule has 2 heterocycles. The van der Waals surface area contributed by atoms with Crippen molar-refractivity contribution in [3.05, 3.63) is 35.9 Å². The van der Waals surface area contributed by atoms with E-state index in [1.807, 2.05) is 30.3 Å². The molecule has 0 bridgehead atoms. The Balaban J connectivity index is 1.33. The molecule has 1 aromatic rings. The van der Waals surface area contributed by atoms with Crippen molar-refractivity contribution in [2.45, 2.75) is 37.9 Å². The van der Waals surface area contributed by atoms with Gasteiger partial charge in [-0.05, 0) is 38.8 Å². The topological polar surface area (TPSA) is 59.0 Å². The third kappa shape index (κ3) is 5.61. The van der Waals surface area contributed by atoms with Crippen LogP contribution in [0.15, 0.2) is 30.3 Å². The fraction of sp³-hybridized carbons (Fsp3) is 0.650. The number of benzene rings is 1. The fourth-order valence-corrected chi connectivity index (χ4v) is 3.68. The van der Waals surface area contributed by atoms with Gasteiger partial charge in [-0.2, -0.15) is 0 Å². The van der Waals surface area contributed by atoms with Crippen molar-refractivity contribution in [1.82, 2.24) is 4.90 Å². The van der Waals surface area contributed by atoms with E-state index in [0.717, 1.165) is 50.9 Å². The van der Waals surface area contributed by atoms with Crippen LogP contribution in [-0.4, -0.2) is 67.5 Å². The number of ether oxygens (including phenoxy) is 2. The molecule has 1 N–H and O–H groups in total. The number of nitrogens with zero attached hydrogens (tertiary/aromatic N) is 1. The Morgan fingerprint density at radius 1 is 1.24 bits per heavy atom. The molecule has 0 spiro atoms. The minimum atomic E-state index is -0.484. The SMILES string of the molecule is O=C(c1ccccc1)C1CCN(CC(O)COCC2CCCO2)CC1. The van der Waals surface area contributed by atoms with Crippen molar-refractivity contribution in [3.8, 4) is 0 Å². The maximum Gasteiger partial charge on any atom is 0.166 e. The van der Waals surface area contributed by atoms with E-state index in [4.69, 9.17) is 9.47 Å². The second-order valence-electron chi connectivity index (χ2n) is 7.13. The van der Waals surface area contributed by atoms with Crippen LogP contribution in [0.5, 0.6) is 0 Å². The second-order valence-corrected chi connectivity index (χ2v) is 7.13. The molecule has 1 aromatic carbocycles. The fourth-order valence-electron chi connectivity index (χ4n) is 3.68. The van der Waals surface area contributed by atoms with Gasteiger partial charge >= 0.3 is 0 Å². The predicted molar refractivity (Wildman–Crippen MR) is 95.7 cm³/mol. The lowest BCUT2D eigenvalue weighted by atomic mass is 9.89. The van der Waals surface area contributed by atoms with E-state index >= 15 is 0 Å². The van der Waals surface area contributed by atoms with Gasteiger partial charge in [0.05, 0.1) is 25.4 Å². The molecule has 2 fully saturated rings. The van der Waals surface area contributed by atoms with E-state index in [2.05, 4.69) is 4.90 Å². The molecule has 5 heteroatoms. The second kappa shape index (κ2) is 9.43. The predicted octanol–water partition coefficient (Wildman–Crippen LogP) is 2.14. The van der Waals surface area contributed by atoms with Gasteiger partial charge in [0.2, 0.25) is 0 Å². The van der Waals surface area contributed by atoms with Gasteiger partial charge in [-0.3, -0.25) is 4.79 Å². The summed E-state index contributed by atoms with van der Waals surface area (Å²) in [6, 6.07) is 9.54. The Hall–Kier alpha value is -1.27. The average Bonchev–Trinajstić information content (AvgIpc) is 3.16. The highest BCUT2D eigenvalue weighted by Gasteiger charge is 2.26. The summed E-state index contributed by atoms with van der Waals surface area (Å²) >= 11 is 0. The molecule has 0 radical (unpaired) electrons. The number of piperidine rings is 1. The van der Waals surface area contributed by atoms with Crippen molar-refractivity contribution in [2.24, 2.45) is 5.92 Å². The van der Waals surface area contributed by atoms with E-state index in [1.165, 1.54) is 0 Å². The standard InChI is InChI=1S/C20H29NO4/c22-18(14-24-15-19-7-4-12-25-19)13-21-10-8-17(9-11-21)20(23)16-5-2-1-3-6-16/h1-3,5-6,17-19,22H,4,7-15H2. The molecule has 0 amide bonds. The molecule has 2 unspecified atom stereocenters. The van der Waals surface area contributed by atoms with Crippen LogP contribution >= 0.6 is 0 Å². The Bertz CT molecular complexity index is 522. The number of carbonyl (C=O) groups excluding carboxylic acids is 1. The van der Waals surface area contributed by atoms with Gasteiger partial charge in [0.1, 0.15) is 0 Å². The summed E-state index contributed by atoms with van der Waals surface area (Å²) < 4.78 is 11.1. The van der Waals surface area contributed by atoms with E-state index in [-0.39, 0.29) is 17.8 Å². The smallest absolute Gasteiger partial charge is 0.166 e. The summed E-state index contributed by atoms with van der Waals surface area (Å²) in [4.78, 5) is 14.7. The zero-order chi connectivity index (χ0) is 17.5. The zero-order valence-electron chi connectivity index (χ0n) is 14.8. The van der Waals surface area contributed by atoms with Crippen LogP contribution in [0.1, 0.15) is 36.0 Å². The number of hydrogen-bond acceptors (Lipinski definition) is 5. The summed E-state index contributed by atoms with van der Waals surface area (Å²) in [6.45, 7) is 4.07. The summed E-state index contributed by atoms with van der Waals surface area (Å²) in [5.74, 6) is 0.354. The van der Waals surface area contributed by atoms with Crippen molar-refractivity contribution >= 4 is 5.78 Å². The van der Waals surface area contributed by atoms with Crippen molar-refractivity contribution in [1.29, 1.82) is 0 Å². The third-order valence-corrected chi connectivity index (χ3v) is 5.12. The lowest BCUT2D eigenvalue weighted by Crippen LogP contribution is -2.41. The number of rotatable bonds is 8. The first-order valence-corrected chi connectivity index (χ1v) is 9.41. The molecule has 2 atom stereocenters. The van der Waals surface area contributed by atoms with Crippen LogP contribution < -0.4 is 0 Å². The molecular formula is C20H29NO4. The maximum atomic E-state index is 12.5. The van der Waals surface area contributed by atoms with Crippen LogP contribution in [0.2, 0.25) is 0 Å². The molecule has 2 aliphatic rings. The first-order valence-electron chi connectivity index (χ1n) is 9.41. The normalized spacial score (nSPS) is 23.6. The Kier molecular flexibility index (Phi) is 6.99.